The predicted molar refractivity (Wildman–Crippen MR) is 68.7 cm³/mol. The van der Waals surface area contributed by atoms with Crippen molar-refractivity contribution in [2.45, 2.75) is 44.6 Å². The van der Waals surface area contributed by atoms with Gasteiger partial charge in [-0.15, -0.1) is 0 Å². The molecule has 0 spiro atoms. The summed E-state index contributed by atoms with van der Waals surface area (Å²) in [6.07, 6.45) is 2.75. The van der Waals surface area contributed by atoms with Crippen molar-refractivity contribution in [3.05, 3.63) is 0 Å². The zero-order valence-corrected chi connectivity index (χ0v) is 11.1. The van der Waals surface area contributed by atoms with Gasteiger partial charge in [-0.1, -0.05) is 6.92 Å². The molecular formula is C12H21N3O4. The molecule has 1 saturated carbocycles. The number of carbonyl (C=O) groups excluding carboxylic acids is 2. The van der Waals surface area contributed by atoms with Gasteiger partial charge in [-0.25, -0.2) is 9.59 Å². The molecule has 0 atom stereocenters. The van der Waals surface area contributed by atoms with Gasteiger partial charge < -0.3 is 21.1 Å². The molecule has 1 rings (SSSR count). The molecule has 3 amide bonds. The van der Waals surface area contributed by atoms with E-state index in [4.69, 9.17) is 5.11 Å². The van der Waals surface area contributed by atoms with Crippen molar-refractivity contribution in [3.8, 4) is 0 Å². The number of hydrogen-bond acceptors (Lipinski definition) is 3. The number of carboxylic acid groups (broad SMARTS) is 1. The maximum atomic E-state index is 11.5. The van der Waals surface area contributed by atoms with Gasteiger partial charge >= 0.3 is 12.0 Å². The highest BCUT2D eigenvalue weighted by Crippen LogP contribution is 2.31. The minimum absolute atomic E-state index is 0.126. The summed E-state index contributed by atoms with van der Waals surface area (Å²) in [6, 6.07) is -0.537. The van der Waals surface area contributed by atoms with E-state index in [1.54, 1.807) is 0 Å². The van der Waals surface area contributed by atoms with Gasteiger partial charge in [0.05, 0.1) is 0 Å². The first-order chi connectivity index (χ1) is 9.00. The Morgan fingerprint density at radius 1 is 1.16 bits per heavy atom. The summed E-state index contributed by atoms with van der Waals surface area (Å²) < 4.78 is 0. The Labute approximate surface area is 112 Å². The van der Waals surface area contributed by atoms with Crippen molar-refractivity contribution in [3.63, 3.8) is 0 Å². The molecule has 19 heavy (non-hydrogen) atoms. The highest BCUT2D eigenvalue weighted by atomic mass is 16.4. The van der Waals surface area contributed by atoms with Crippen molar-refractivity contribution in [1.82, 2.24) is 16.0 Å². The number of rotatable bonds is 7. The van der Waals surface area contributed by atoms with E-state index in [1.807, 2.05) is 6.92 Å². The lowest BCUT2D eigenvalue weighted by Crippen LogP contribution is -2.61. The van der Waals surface area contributed by atoms with Crippen LogP contribution in [0.25, 0.3) is 0 Å². The zero-order valence-electron chi connectivity index (χ0n) is 11.1. The molecule has 4 N–H and O–H groups in total. The Balaban J connectivity index is 2.21. The second-order valence-corrected chi connectivity index (χ2v) is 4.72. The third kappa shape index (κ3) is 4.42. The SMILES string of the molecule is CCCNC(=O)CCNC(=O)NC1(C(=O)O)CCC1. The van der Waals surface area contributed by atoms with E-state index in [0.717, 1.165) is 12.8 Å². The molecule has 1 aliphatic rings. The number of carboxylic acids is 1. The number of aliphatic carboxylic acids is 1. The molecule has 108 valence electrons. The molecule has 7 nitrogen and oxygen atoms in total. The average molecular weight is 271 g/mol. The summed E-state index contributed by atoms with van der Waals surface area (Å²) in [6.45, 7) is 2.76. The third-order valence-electron chi connectivity index (χ3n) is 3.18. The van der Waals surface area contributed by atoms with Crippen LogP contribution in [0.5, 0.6) is 0 Å². The lowest BCUT2D eigenvalue weighted by Gasteiger charge is -2.38. The van der Waals surface area contributed by atoms with E-state index >= 15 is 0 Å². The van der Waals surface area contributed by atoms with E-state index in [1.165, 1.54) is 0 Å². The Morgan fingerprint density at radius 3 is 2.32 bits per heavy atom. The van der Waals surface area contributed by atoms with Gasteiger partial charge in [-0.3, -0.25) is 4.79 Å². The highest BCUT2D eigenvalue weighted by Gasteiger charge is 2.45. The fourth-order valence-corrected chi connectivity index (χ4v) is 1.83. The van der Waals surface area contributed by atoms with E-state index < -0.39 is 17.5 Å². The fraction of sp³-hybridized carbons (Fsp3) is 0.750. The molecule has 0 radical (unpaired) electrons. The lowest BCUT2D eigenvalue weighted by atomic mass is 9.77. The van der Waals surface area contributed by atoms with Crippen LogP contribution in [0.1, 0.15) is 39.0 Å². The van der Waals surface area contributed by atoms with Crippen molar-refractivity contribution >= 4 is 17.9 Å². The Hall–Kier alpha value is -1.79. The van der Waals surface area contributed by atoms with Crippen LogP contribution in [0.2, 0.25) is 0 Å². The third-order valence-corrected chi connectivity index (χ3v) is 3.18. The summed E-state index contributed by atoms with van der Waals surface area (Å²) in [5, 5.41) is 16.7. The van der Waals surface area contributed by atoms with Crippen LogP contribution in [0.15, 0.2) is 0 Å². The molecule has 1 fully saturated rings. The predicted octanol–water partition coefficient (Wildman–Crippen LogP) is 0.209. The smallest absolute Gasteiger partial charge is 0.329 e. The van der Waals surface area contributed by atoms with Crippen LogP contribution in [0, 0.1) is 0 Å². The van der Waals surface area contributed by atoms with Gasteiger partial charge in [0, 0.05) is 19.5 Å². The standard InChI is InChI=1S/C12H21N3O4/c1-2-7-13-9(16)4-8-14-11(19)15-12(10(17)18)5-3-6-12/h2-8H2,1H3,(H,13,16)(H,17,18)(H2,14,15,19). The maximum absolute atomic E-state index is 11.5. The molecule has 0 aromatic heterocycles. The first-order valence-corrected chi connectivity index (χ1v) is 6.56. The normalized spacial score (nSPS) is 16.1. The fourth-order valence-electron chi connectivity index (χ4n) is 1.83. The topological polar surface area (TPSA) is 108 Å². The van der Waals surface area contributed by atoms with Crippen LogP contribution in [-0.4, -0.2) is 41.6 Å². The van der Waals surface area contributed by atoms with E-state index in [0.29, 0.717) is 19.4 Å². The molecule has 0 heterocycles. The van der Waals surface area contributed by atoms with Crippen LogP contribution < -0.4 is 16.0 Å². The highest BCUT2D eigenvalue weighted by molar-refractivity contribution is 5.87. The van der Waals surface area contributed by atoms with Crippen molar-refractivity contribution in [2.24, 2.45) is 0 Å². The largest absolute Gasteiger partial charge is 0.480 e. The van der Waals surface area contributed by atoms with E-state index in [-0.39, 0.29) is 18.9 Å². The minimum atomic E-state index is -1.12. The Bertz CT molecular complexity index is 353. The van der Waals surface area contributed by atoms with Crippen molar-refractivity contribution < 1.29 is 19.5 Å². The summed E-state index contributed by atoms with van der Waals surface area (Å²) in [5.74, 6) is -1.13. The number of amides is 3. The van der Waals surface area contributed by atoms with Crippen LogP contribution >= 0.6 is 0 Å². The molecule has 0 aliphatic heterocycles. The summed E-state index contributed by atoms with van der Waals surface area (Å²) in [4.78, 5) is 33.8. The molecular weight excluding hydrogens is 250 g/mol. The maximum Gasteiger partial charge on any atom is 0.329 e. The quantitative estimate of drug-likeness (QED) is 0.531. The second-order valence-electron chi connectivity index (χ2n) is 4.72. The van der Waals surface area contributed by atoms with E-state index in [9.17, 15) is 14.4 Å². The van der Waals surface area contributed by atoms with Gasteiger partial charge in [0.2, 0.25) is 5.91 Å². The molecule has 7 heteroatoms. The molecule has 0 saturated heterocycles. The number of hydrogen-bond donors (Lipinski definition) is 4. The Morgan fingerprint density at radius 2 is 1.84 bits per heavy atom. The monoisotopic (exact) mass is 271 g/mol. The van der Waals surface area contributed by atoms with Gasteiger partial charge in [0.15, 0.2) is 0 Å². The van der Waals surface area contributed by atoms with Crippen molar-refractivity contribution in [1.29, 1.82) is 0 Å². The van der Waals surface area contributed by atoms with Gasteiger partial charge in [-0.2, -0.15) is 0 Å². The minimum Gasteiger partial charge on any atom is -0.480 e. The van der Waals surface area contributed by atoms with Crippen LogP contribution in [0.4, 0.5) is 4.79 Å². The van der Waals surface area contributed by atoms with Crippen LogP contribution in [-0.2, 0) is 9.59 Å². The van der Waals surface area contributed by atoms with Gasteiger partial charge in [0.25, 0.3) is 0 Å². The van der Waals surface area contributed by atoms with Gasteiger partial charge in [0.1, 0.15) is 5.54 Å². The Kier molecular flexibility index (Phi) is 5.59. The van der Waals surface area contributed by atoms with E-state index in [2.05, 4.69) is 16.0 Å². The number of carbonyl (C=O) groups is 3. The first-order valence-electron chi connectivity index (χ1n) is 6.56. The molecule has 1 aliphatic carbocycles. The number of nitrogens with one attached hydrogen (secondary N) is 3. The van der Waals surface area contributed by atoms with Crippen molar-refractivity contribution in [2.75, 3.05) is 13.1 Å². The molecule has 0 aromatic rings. The summed E-state index contributed by atoms with van der Waals surface area (Å²) in [5.41, 5.74) is -1.12. The molecule has 0 aromatic carbocycles. The summed E-state index contributed by atoms with van der Waals surface area (Å²) >= 11 is 0. The number of urea groups is 1. The lowest BCUT2D eigenvalue weighted by molar-refractivity contribution is -0.148. The zero-order chi connectivity index (χ0) is 14.3. The summed E-state index contributed by atoms with van der Waals surface area (Å²) in [7, 11) is 0. The molecule has 0 bridgehead atoms. The van der Waals surface area contributed by atoms with Crippen LogP contribution in [0.3, 0.4) is 0 Å². The molecule has 0 unspecified atom stereocenters. The second kappa shape index (κ2) is 6.96. The first kappa shape index (κ1) is 15.3. The van der Waals surface area contributed by atoms with Gasteiger partial charge in [-0.05, 0) is 25.7 Å². The average Bonchev–Trinajstić information content (AvgIpc) is 2.30.